The molecule has 1 amide bonds. The number of hydrogen-bond donors (Lipinski definition) is 1. The van der Waals surface area contributed by atoms with E-state index in [9.17, 15) is 4.79 Å². The molecule has 27 heavy (non-hydrogen) atoms. The number of H-pyrrole nitrogens is 1. The monoisotopic (exact) mass is 364 g/mol. The van der Waals surface area contributed by atoms with E-state index < -0.39 is 0 Å². The van der Waals surface area contributed by atoms with Gasteiger partial charge in [0.05, 0.1) is 19.8 Å². The van der Waals surface area contributed by atoms with Crippen LogP contribution in [0.15, 0.2) is 67.0 Å². The van der Waals surface area contributed by atoms with Crippen LogP contribution in [-0.4, -0.2) is 36.6 Å². The highest BCUT2D eigenvalue weighted by molar-refractivity contribution is 5.94. The number of aromatic amines is 1. The Morgan fingerprint density at radius 3 is 2.26 bits per heavy atom. The maximum atomic E-state index is 13.0. The zero-order valence-corrected chi connectivity index (χ0v) is 15.6. The zero-order valence-electron chi connectivity index (χ0n) is 15.6. The third kappa shape index (κ3) is 4.91. The smallest absolute Gasteiger partial charge is 0.255 e. The van der Waals surface area contributed by atoms with Gasteiger partial charge < -0.3 is 19.4 Å². The number of aromatic nitrogens is 1. The summed E-state index contributed by atoms with van der Waals surface area (Å²) in [6, 6.07) is 17.7. The van der Waals surface area contributed by atoms with E-state index in [-0.39, 0.29) is 5.91 Å². The van der Waals surface area contributed by atoms with Crippen molar-refractivity contribution in [2.75, 3.05) is 20.8 Å². The molecule has 1 aromatic heterocycles. The number of rotatable bonds is 8. The molecule has 0 aliphatic rings. The van der Waals surface area contributed by atoms with E-state index in [1.165, 1.54) is 5.56 Å². The number of methoxy groups -OCH3 is 2. The average molecular weight is 364 g/mol. The first-order chi connectivity index (χ1) is 13.2. The highest BCUT2D eigenvalue weighted by atomic mass is 16.5. The molecule has 140 valence electrons. The number of hydrogen-bond acceptors (Lipinski definition) is 3. The molecule has 0 fully saturated rings. The van der Waals surface area contributed by atoms with Crippen LogP contribution in [0.1, 0.15) is 21.5 Å². The summed E-state index contributed by atoms with van der Waals surface area (Å²) in [7, 11) is 3.24. The van der Waals surface area contributed by atoms with Gasteiger partial charge in [-0.1, -0.05) is 30.3 Å². The minimum absolute atomic E-state index is 0.00559. The van der Waals surface area contributed by atoms with Crippen molar-refractivity contribution < 1.29 is 14.3 Å². The Labute approximate surface area is 159 Å². The first kappa shape index (κ1) is 18.6. The lowest BCUT2D eigenvalue weighted by molar-refractivity contribution is 0.0745. The van der Waals surface area contributed by atoms with Gasteiger partial charge in [0.1, 0.15) is 11.5 Å². The van der Waals surface area contributed by atoms with Crippen molar-refractivity contribution in [2.45, 2.75) is 13.0 Å². The summed E-state index contributed by atoms with van der Waals surface area (Å²) >= 11 is 0. The minimum atomic E-state index is -0.00559. The van der Waals surface area contributed by atoms with Crippen molar-refractivity contribution in [3.63, 3.8) is 0 Å². The lowest BCUT2D eigenvalue weighted by Crippen LogP contribution is -2.32. The van der Waals surface area contributed by atoms with Gasteiger partial charge in [0.15, 0.2) is 0 Å². The largest absolute Gasteiger partial charge is 0.497 e. The second-order valence-corrected chi connectivity index (χ2v) is 6.28. The van der Waals surface area contributed by atoms with E-state index in [1.54, 1.807) is 32.7 Å². The van der Waals surface area contributed by atoms with Crippen LogP contribution in [0.25, 0.3) is 0 Å². The summed E-state index contributed by atoms with van der Waals surface area (Å²) in [5.41, 5.74) is 2.81. The number of carbonyl (C=O) groups excluding carboxylic acids is 1. The molecule has 0 radical (unpaired) electrons. The van der Waals surface area contributed by atoms with E-state index >= 15 is 0 Å². The van der Waals surface area contributed by atoms with E-state index in [2.05, 4.69) is 17.1 Å². The Hall–Kier alpha value is -3.21. The lowest BCUT2D eigenvalue weighted by atomic mass is 10.1. The summed E-state index contributed by atoms with van der Waals surface area (Å²) in [6.45, 7) is 1.10. The predicted molar refractivity (Wildman–Crippen MR) is 105 cm³/mol. The van der Waals surface area contributed by atoms with Crippen molar-refractivity contribution in [2.24, 2.45) is 0 Å². The number of benzene rings is 2. The molecule has 0 spiro atoms. The number of nitrogens with zero attached hydrogens (tertiary/aromatic N) is 1. The predicted octanol–water partition coefficient (Wildman–Crippen LogP) is 3.92. The number of ether oxygens (including phenoxy) is 2. The Morgan fingerprint density at radius 1 is 0.963 bits per heavy atom. The van der Waals surface area contributed by atoms with Gasteiger partial charge in [-0.2, -0.15) is 0 Å². The molecule has 0 saturated carbocycles. The first-order valence-electron chi connectivity index (χ1n) is 8.87. The molecular weight excluding hydrogens is 340 g/mol. The minimum Gasteiger partial charge on any atom is -0.497 e. The Balaban J connectivity index is 1.82. The standard InChI is InChI=1S/C22H24N2O3/c1-26-20-12-18(13-21(14-20)27-2)16-24(22(25)19-8-10-23-15-19)11-9-17-6-4-3-5-7-17/h3-8,10,12-15,23H,9,11,16H2,1-2H3. The molecule has 0 aliphatic heterocycles. The fraction of sp³-hybridized carbons (Fsp3) is 0.227. The molecule has 0 atom stereocenters. The zero-order chi connectivity index (χ0) is 19.1. The van der Waals surface area contributed by atoms with E-state index in [4.69, 9.17) is 9.47 Å². The van der Waals surface area contributed by atoms with Crippen LogP contribution in [0.5, 0.6) is 11.5 Å². The van der Waals surface area contributed by atoms with Gasteiger partial charge in [-0.15, -0.1) is 0 Å². The summed E-state index contributed by atoms with van der Waals surface area (Å²) < 4.78 is 10.7. The van der Waals surface area contributed by atoms with Gasteiger partial charge in [0.25, 0.3) is 5.91 Å². The summed E-state index contributed by atoms with van der Waals surface area (Å²) in [5, 5.41) is 0. The van der Waals surface area contributed by atoms with E-state index in [1.807, 2.05) is 41.3 Å². The van der Waals surface area contributed by atoms with Crippen LogP contribution in [0.4, 0.5) is 0 Å². The molecule has 0 bridgehead atoms. The molecule has 0 saturated heterocycles. The summed E-state index contributed by atoms with van der Waals surface area (Å²) in [6.07, 6.45) is 4.28. The third-order valence-electron chi connectivity index (χ3n) is 4.43. The van der Waals surface area contributed by atoms with Crippen molar-refractivity contribution in [3.05, 3.63) is 83.7 Å². The van der Waals surface area contributed by atoms with Crippen LogP contribution in [0.2, 0.25) is 0 Å². The van der Waals surface area contributed by atoms with Crippen LogP contribution in [0, 0.1) is 0 Å². The maximum Gasteiger partial charge on any atom is 0.255 e. The normalized spacial score (nSPS) is 10.4. The molecular formula is C22H24N2O3. The van der Waals surface area contributed by atoms with Gasteiger partial charge in [-0.25, -0.2) is 0 Å². The van der Waals surface area contributed by atoms with Crippen molar-refractivity contribution in [1.29, 1.82) is 0 Å². The van der Waals surface area contributed by atoms with Crippen molar-refractivity contribution in [1.82, 2.24) is 9.88 Å². The first-order valence-corrected chi connectivity index (χ1v) is 8.87. The van der Waals surface area contributed by atoms with Gasteiger partial charge >= 0.3 is 0 Å². The van der Waals surface area contributed by atoms with Crippen LogP contribution in [0.3, 0.4) is 0 Å². The second kappa shape index (κ2) is 8.94. The van der Waals surface area contributed by atoms with Crippen LogP contribution < -0.4 is 9.47 Å². The molecule has 1 N–H and O–H groups in total. The summed E-state index contributed by atoms with van der Waals surface area (Å²) in [4.78, 5) is 17.8. The number of nitrogens with one attached hydrogen (secondary N) is 1. The maximum absolute atomic E-state index is 13.0. The van der Waals surface area contributed by atoms with Crippen LogP contribution >= 0.6 is 0 Å². The molecule has 0 unspecified atom stereocenters. The third-order valence-corrected chi connectivity index (χ3v) is 4.43. The molecule has 0 aliphatic carbocycles. The number of amides is 1. The van der Waals surface area contributed by atoms with Crippen LogP contribution in [-0.2, 0) is 13.0 Å². The van der Waals surface area contributed by atoms with Gasteiger partial charge in [-0.05, 0) is 35.7 Å². The fourth-order valence-electron chi connectivity index (χ4n) is 2.98. The lowest BCUT2D eigenvalue weighted by Gasteiger charge is -2.23. The molecule has 1 heterocycles. The van der Waals surface area contributed by atoms with Gasteiger partial charge in [0, 0.05) is 31.5 Å². The molecule has 3 aromatic rings. The Bertz CT molecular complexity index is 838. The Morgan fingerprint density at radius 2 is 1.67 bits per heavy atom. The number of carbonyl (C=O) groups is 1. The molecule has 2 aromatic carbocycles. The SMILES string of the molecule is COc1cc(CN(CCc2ccccc2)C(=O)c2cc[nH]c2)cc(OC)c1. The molecule has 3 rings (SSSR count). The average Bonchev–Trinajstić information content (AvgIpc) is 3.26. The van der Waals surface area contributed by atoms with E-state index in [0.29, 0.717) is 30.2 Å². The molecule has 5 nitrogen and oxygen atoms in total. The highest BCUT2D eigenvalue weighted by Crippen LogP contribution is 2.24. The topological polar surface area (TPSA) is 54.6 Å². The van der Waals surface area contributed by atoms with Gasteiger partial charge in [0.2, 0.25) is 0 Å². The van der Waals surface area contributed by atoms with Crippen molar-refractivity contribution >= 4 is 5.91 Å². The van der Waals surface area contributed by atoms with E-state index in [0.717, 1.165) is 12.0 Å². The van der Waals surface area contributed by atoms with Crippen molar-refractivity contribution in [3.8, 4) is 11.5 Å². The second-order valence-electron chi connectivity index (χ2n) is 6.28. The molecule has 5 heteroatoms. The Kier molecular flexibility index (Phi) is 6.15. The highest BCUT2D eigenvalue weighted by Gasteiger charge is 2.17. The van der Waals surface area contributed by atoms with Gasteiger partial charge in [-0.3, -0.25) is 4.79 Å². The fourth-order valence-corrected chi connectivity index (χ4v) is 2.98. The summed E-state index contributed by atoms with van der Waals surface area (Å²) in [5.74, 6) is 1.41. The quantitative estimate of drug-likeness (QED) is 0.659.